The number of ether oxygens (including phenoxy) is 2. The molecule has 1 aliphatic heterocycles. The molecule has 0 bridgehead atoms. The normalized spacial score (nSPS) is 14.3. The molecule has 0 aliphatic carbocycles. The van der Waals surface area contributed by atoms with Crippen molar-refractivity contribution in [1.29, 1.82) is 0 Å². The minimum absolute atomic E-state index is 0.0226. The van der Waals surface area contributed by atoms with Gasteiger partial charge in [0.1, 0.15) is 22.7 Å². The molecule has 0 amide bonds. The molecule has 0 unspecified atom stereocenters. The topological polar surface area (TPSA) is 103 Å². The summed E-state index contributed by atoms with van der Waals surface area (Å²) in [5.74, 6) is -0.719. The average molecular weight is 400 g/mol. The Morgan fingerprint density at radius 2 is 1.97 bits per heavy atom. The number of carbonyl (C=O) groups excluding carboxylic acids is 2. The number of aryl methyl sites for hydroxylation is 1. The number of ketones is 1. The quantitative estimate of drug-likeness (QED) is 0.447. The molecular formula is C22H24O7. The van der Waals surface area contributed by atoms with Gasteiger partial charge < -0.3 is 19.0 Å². The predicted molar refractivity (Wildman–Crippen MR) is 107 cm³/mol. The van der Waals surface area contributed by atoms with Crippen molar-refractivity contribution < 1.29 is 28.6 Å². The average Bonchev–Trinajstić information content (AvgIpc) is 2.65. The Bertz CT molecular complexity index is 1070. The second-order valence-electron chi connectivity index (χ2n) is 7.38. The minimum atomic E-state index is -0.675. The molecule has 7 nitrogen and oxygen atoms in total. The van der Waals surface area contributed by atoms with Crippen LogP contribution in [0.4, 0.5) is 0 Å². The van der Waals surface area contributed by atoms with Gasteiger partial charge in [-0.1, -0.05) is 6.92 Å². The molecule has 1 aliphatic rings. The first-order chi connectivity index (χ1) is 13.7. The summed E-state index contributed by atoms with van der Waals surface area (Å²) < 4.78 is 16.4. The van der Waals surface area contributed by atoms with Gasteiger partial charge in [-0.2, -0.15) is 0 Å². The van der Waals surface area contributed by atoms with E-state index in [1.165, 1.54) is 6.07 Å². The number of fused-ring (bicyclic) bond motifs is 3. The van der Waals surface area contributed by atoms with Crippen LogP contribution in [0.5, 0.6) is 11.5 Å². The number of phenols is 1. The summed E-state index contributed by atoms with van der Waals surface area (Å²) in [6, 6.07) is 1.29. The maximum Gasteiger partial charge on any atom is 0.336 e. The van der Waals surface area contributed by atoms with E-state index in [-0.39, 0.29) is 48.5 Å². The van der Waals surface area contributed by atoms with Crippen molar-refractivity contribution in [1.82, 2.24) is 0 Å². The lowest BCUT2D eigenvalue weighted by Crippen LogP contribution is -2.28. The van der Waals surface area contributed by atoms with Crippen molar-refractivity contribution >= 4 is 28.8 Å². The van der Waals surface area contributed by atoms with Crippen LogP contribution in [-0.2, 0) is 16.0 Å². The first-order valence-electron chi connectivity index (χ1n) is 9.61. The van der Waals surface area contributed by atoms with Crippen LogP contribution in [0.25, 0.3) is 17.0 Å². The van der Waals surface area contributed by atoms with Gasteiger partial charge in [0, 0.05) is 18.9 Å². The van der Waals surface area contributed by atoms with Crippen molar-refractivity contribution in [2.24, 2.45) is 0 Å². The highest BCUT2D eigenvalue weighted by atomic mass is 16.5. The molecule has 0 fully saturated rings. The zero-order chi connectivity index (χ0) is 21.3. The molecule has 0 saturated heterocycles. The third-order valence-electron chi connectivity index (χ3n) is 4.75. The summed E-state index contributed by atoms with van der Waals surface area (Å²) in [7, 11) is 0. The smallest absolute Gasteiger partial charge is 0.336 e. The molecule has 1 aromatic heterocycles. The van der Waals surface area contributed by atoms with Gasteiger partial charge in [-0.3, -0.25) is 9.59 Å². The third-order valence-corrected chi connectivity index (χ3v) is 4.75. The number of phenolic OH excluding ortho intramolecular Hbond substituents is 1. The summed E-state index contributed by atoms with van der Waals surface area (Å²) in [5, 5.41) is 11.2. The maximum atomic E-state index is 12.6. The lowest BCUT2D eigenvalue weighted by atomic mass is 9.92. The van der Waals surface area contributed by atoms with Gasteiger partial charge >= 0.3 is 11.6 Å². The van der Waals surface area contributed by atoms with Gasteiger partial charge in [0.2, 0.25) is 0 Å². The molecule has 29 heavy (non-hydrogen) atoms. The summed E-state index contributed by atoms with van der Waals surface area (Å²) in [4.78, 5) is 36.6. The molecule has 2 heterocycles. The van der Waals surface area contributed by atoms with Crippen LogP contribution >= 0.6 is 0 Å². The van der Waals surface area contributed by atoms with Crippen LogP contribution in [0.2, 0.25) is 0 Å². The van der Waals surface area contributed by atoms with Crippen LogP contribution in [0.3, 0.4) is 0 Å². The van der Waals surface area contributed by atoms with E-state index in [1.54, 1.807) is 26.0 Å². The Kier molecular flexibility index (Phi) is 5.50. The van der Waals surface area contributed by atoms with Crippen molar-refractivity contribution in [3.63, 3.8) is 0 Å². The van der Waals surface area contributed by atoms with E-state index in [0.29, 0.717) is 22.3 Å². The van der Waals surface area contributed by atoms with E-state index in [9.17, 15) is 19.5 Å². The van der Waals surface area contributed by atoms with Gasteiger partial charge in [0.05, 0.1) is 17.6 Å². The number of hydrogen-bond donors (Lipinski definition) is 1. The fourth-order valence-corrected chi connectivity index (χ4v) is 3.39. The fraction of sp³-hybridized carbons (Fsp3) is 0.409. The number of rotatable bonds is 6. The first-order valence-corrected chi connectivity index (χ1v) is 9.61. The Hall–Kier alpha value is -3.09. The third kappa shape index (κ3) is 3.90. The van der Waals surface area contributed by atoms with Crippen molar-refractivity contribution in [3.05, 3.63) is 39.3 Å². The second-order valence-corrected chi connectivity index (χ2v) is 7.38. The van der Waals surface area contributed by atoms with Crippen molar-refractivity contribution in [2.45, 2.75) is 52.6 Å². The lowest BCUT2D eigenvalue weighted by molar-refractivity contribution is -0.143. The van der Waals surface area contributed by atoms with Gasteiger partial charge in [0.15, 0.2) is 11.4 Å². The number of benzene rings is 1. The molecule has 0 atom stereocenters. The molecule has 1 aromatic carbocycles. The van der Waals surface area contributed by atoms with Gasteiger partial charge in [-0.25, -0.2) is 4.79 Å². The Morgan fingerprint density at radius 1 is 1.24 bits per heavy atom. The van der Waals surface area contributed by atoms with Crippen molar-refractivity contribution in [2.75, 3.05) is 6.61 Å². The van der Waals surface area contributed by atoms with Crippen LogP contribution in [0.15, 0.2) is 21.4 Å². The van der Waals surface area contributed by atoms with Gasteiger partial charge in [0.25, 0.3) is 0 Å². The molecule has 7 heteroatoms. The zero-order valence-electron chi connectivity index (χ0n) is 17.0. The van der Waals surface area contributed by atoms with Gasteiger partial charge in [-0.05, 0) is 44.9 Å². The highest BCUT2D eigenvalue weighted by Crippen LogP contribution is 2.46. The summed E-state index contributed by atoms with van der Waals surface area (Å²) in [6.45, 7) is 7.33. The van der Waals surface area contributed by atoms with E-state index in [4.69, 9.17) is 13.9 Å². The molecule has 154 valence electrons. The van der Waals surface area contributed by atoms with Crippen LogP contribution < -0.4 is 10.4 Å². The predicted octanol–water partition coefficient (Wildman–Crippen LogP) is 3.77. The Morgan fingerprint density at radius 3 is 2.62 bits per heavy atom. The van der Waals surface area contributed by atoms with E-state index >= 15 is 0 Å². The maximum absolute atomic E-state index is 12.6. The summed E-state index contributed by atoms with van der Waals surface area (Å²) >= 11 is 0. The number of aromatic hydroxyl groups is 1. The SMILES string of the molecule is CCOC(=O)CCc1cc(=O)oc2c(C(=O)CC)c(O)c3c(c12)OC(C)(C)C=C3. The summed E-state index contributed by atoms with van der Waals surface area (Å²) in [6.07, 6.45) is 3.84. The van der Waals surface area contributed by atoms with E-state index in [2.05, 4.69) is 0 Å². The molecule has 0 spiro atoms. The van der Waals surface area contributed by atoms with E-state index < -0.39 is 17.2 Å². The number of esters is 1. The Balaban J connectivity index is 2.33. The standard InChI is InChI=1S/C22H24O7/c1-5-14(23)18-19(26)13-9-10-22(3,4)29-20(13)17-12(7-8-15(24)27-6-2)11-16(25)28-21(17)18/h9-11,26H,5-8H2,1-4H3. The van der Waals surface area contributed by atoms with Crippen LogP contribution in [0, 0.1) is 0 Å². The number of carbonyl (C=O) groups is 2. The molecule has 2 aromatic rings. The molecule has 0 saturated carbocycles. The highest BCUT2D eigenvalue weighted by molar-refractivity contribution is 6.12. The molecule has 1 N–H and O–H groups in total. The molecule has 0 radical (unpaired) electrons. The van der Waals surface area contributed by atoms with Crippen LogP contribution in [0.1, 0.15) is 62.0 Å². The van der Waals surface area contributed by atoms with Crippen LogP contribution in [-0.4, -0.2) is 29.1 Å². The number of Topliss-reactive ketones (excluding diaryl/α,β-unsaturated/α-hetero) is 1. The Labute approximate surface area is 167 Å². The number of hydrogen-bond acceptors (Lipinski definition) is 7. The second kappa shape index (κ2) is 7.73. The van der Waals surface area contributed by atoms with Crippen molar-refractivity contribution in [3.8, 4) is 11.5 Å². The summed E-state index contributed by atoms with van der Waals surface area (Å²) in [5.41, 5.74) is -0.574. The fourth-order valence-electron chi connectivity index (χ4n) is 3.39. The molecular weight excluding hydrogens is 376 g/mol. The minimum Gasteiger partial charge on any atom is -0.506 e. The van der Waals surface area contributed by atoms with Gasteiger partial charge in [-0.15, -0.1) is 0 Å². The van der Waals surface area contributed by atoms with E-state index in [0.717, 1.165) is 0 Å². The first kappa shape index (κ1) is 20.6. The zero-order valence-corrected chi connectivity index (χ0v) is 17.0. The van der Waals surface area contributed by atoms with E-state index in [1.807, 2.05) is 13.8 Å². The monoisotopic (exact) mass is 400 g/mol. The lowest BCUT2D eigenvalue weighted by Gasteiger charge is -2.30. The largest absolute Gasteiger partial charge is 0.506 e. The molecule has 3 rings (SSSR count). The highest BCUT2D eigenvalue weighted by Gasteiger charge is 2.32.